The van der Waals surface area contributed by atoms with Gasteiger partial charge in [0.05, 0.1) is 11.5 Å². The molecule has 0 bridgehead atoms. The normalized spacial score (nSPS) is 10.2. The summed E-state index contributed by atoms with van der Waals surface area (Å²) in [6.07, 6.45) is 0. The molecule has 0 amide bonds. The van der Waals surface area contributed by atoms with Gasteiger partial charge in [-0.15, -0.1) is 0 Å². The van der Waals surface area contributed by atoms with Gasteiger partial charge < -0.3 is 9.73 Å². The Labute approximate surface area is 111 Å². The van der Waals surface area contributed by atoms with Crippen molar-refractivity contribution in [2.45, 2.75) is 6.54 Å². The molecule has 0 atom stereocenters. The number of nitrogens with zero attached hydrogens (tertiary/aromatic N) is 1. The maximum Gasteiger partial charge on any atom is 0.271 e. The molecule has 1 aromatic carbocycles. The van der Waals surface area contributed by atoms with Gasteiger partial charge in [0.15, 0.2) is 3.77 Å². The molecule has 17 heavy (non-hydrogen) atoms. The molecule has 0 aliphatic rings. The van der Waals surface area contributed by atoms with Crippen molar-refractivity contribution in [2.24, 2.45) is 0 Å². The SMILES string of the molecule is O=[N+]([O-])c1cccc(NCc2ccc(I)o2)c1. The van der Waals surface area contributed by atoms with Crippen LogP contribution in [-0.4, -0.2) is 4.92 Å². The van der Waals surface area contributed by atoms with Gasteiger partial charge in [-0.25, -0.2) is 0 Å². The molecule has 0 unspecified atom stereocenters. The number of hydrogen-bond donors (Lipinski definition) is 1. The van der Waals surface area contributed by atoms with Crippen molar-refractivity contribution in [1.82, 2.24) is 0 Å². The molecule has 6 heteroatoms. The molecule has 0 fully saturated rings. The fraction of sp³-hybridized carbons (Fsp3) is 0.0909. The quantitative estimate of drug-likeness (QED) is 0.524. The second-order valence-electron chi connectivity index (χ2n) is 3.37. The second kappa shape index (κ2) is 5.17. The van der Waals surface area contributed by atoms with Gasteiger partial charge in [-0.05, 0) is 40.8 Å². The van der Waals surface area contributed by atoms with Crippen molar-refractivity contribution in [3.63, 3.8) is 0 Å². The molecule has 2 rings (SSSR count). The molecule has 0 aliphatic heterocycles. The molecule has 0 radical (unpaired) electrons. The Morgan fingerprint density at radius 1 is 1.35 bits per heavy atom. The van der Waals surface area contributed by atoms with E-state index in [0.29, 0.717) is 12.2 Å². The van der Waals surface area contributed by atoms with E-state index in [4.69, 9.17) is 4.42 Å². The van der Waals surface area contributed by atoms with Crippen LogP contribution in [-0.2, 0) is 6.54 Å². The minimum absolute atomic E-state index is 0.0732. The van der Waals surface area contributed by atoms with Gasteiger partial charge in [-0.1, -0.05) is 6.07 Å². The van der Waals surface area contributed by atoms with Crippen LogP contribution in [0.15, 0.2) is 40.8 Å². The fourth-order valence-corrected chi connectivity index (χ4v) is 1.83. The summed E-state index contributed by atoms with van der Waals surface area (Å²) in [5.74, 6) is 0.793. The summed E-state index contributed by atoms with van der Waals surface area (Å²) in [4.78, 5) is 10.2. The third-order valence-corrected chi connectivity index (χ3v) is 2.73. The zero-order chi connectivity index (χ0) is 12.3. The Morgan fingerprint density at radius 3 is 2.82 bits per heavy atom. The van der Waals surface area contributed by atoms with E-state index >= 15 is 0 Å². The molecule has 1 N–H and O–H groups in total. The van der Waals surface area contributed by atoms with Crippen molar-refractivity contribution < 1.29 is 9.34 Å². The van der Waals surface area contributed by atoms with Gasteiger partial charge in [0.1, 0.15) is 5.76 Å². The highest BCUT2D eigenvalue weighted by molar-refractivity contribution is 14.1. The standard InChI is InChI=1S/C11H9IN2O3/c12-11-5-4-10(17-11)7-13-8-2-1-3-9(6-8)14(15)16/h1-6,13H,7H2. The third kappa shape index (κ3) is 3.19. The van der Waals surface area contributed by atoms with E-state index in [1.807, 2.05) is 12.1 Å². The lowest BCUT2D eigenvalue weighted by atomic mass is 10.3. The molecule has 2 aromatic rings. The molecule has 0 saturated carbocycles. The van der Waals surface area contributed by atoms with Crippen LogP contribution in [0.4, 0.5) is 11.4 Å². The second-order valence-corrected chi connectivity index (χ2v) is 4.43. The van der Waals surface area contributed by atoms with Gasteiger partial charge in [0.2, 0.25) is 0 Å². The molecule has 0 spiro atoms. The first-order valence-corrected chi connectivity index (χ1v) is 5.95. The summed E-state index contributed by atoms with van der Waals surface area (Å²) < 4.78 is 6.19. The number of nitrogens with one attached hydrogen (secondary N) is 1. The first kappa shape index (κ1) is 11.9. The summed E-state index contributed by atoms with van der Waals surface area (Å²) in [6, 6.07) is 10.1. The zero-order valence-electron chi connectivity index (χ0n) is 8.72. The fourth-order valence-electron chi connectivity index (χ4n) is 1.37. The van der Waals surface area contributed by atoms with E-state index in [1.54, 1.807) is 12.1 Å². The van der Waals surface area contributed by atoms with Crippen LogP contribution in [0.1, 0.15) is 5.76 Å². The number of nitro benzene ring substituents is 1. The third-order valence-electron chi connectivity index (χ3n) is 2.15. The van der Waals surface area contributed by atoms with Crippen LogP contribution in [0, 0.1) is 13.9 Å². The Bertz CT molecular complexity index is 539. The highest BCUT2D eigenvalue weighted by Crippen LogP contribution is 2.18. The lowest BCUT2D eigenvalue weighted by Crippen LogP contribution is -1.98. The number of benzene rings is 1. The van der Waals surface area contributed by atoms with Crippen molar-refractivity contribution in [3.8, 4) is 0 Å². The van der Waals surface area contributed by atoms with E-state index < -0.39 is 4.92 Å². The van der Waals surface area contributed by atoms with Crippen molar-refractivity contribution in [2.75, 3.05) is 5.32 Å². The molecule has 88 valence electrons. The molecule has 0 aliphatic carbocycles. The van der Waals surface area contributed by atoms with Crippen LogP contribution in [0.2, 0.25) is 0 Å². The number of anilines is 1. The van der Waals surface area contributed by atoms with Crippen LogP contribution in [0.5, 0.6) is 0 Å². The minimum Gasteiger partial charge on any atom is -0.454 e. The highest BCUT2D eigenvalue weighted by Gasteiger charge is 2.05. The van der Waals surface area contributed by atoms with E-state index in [-0.39, 0.29) is 5.69 Å². The first-order valence-electron chi connectivity index (χ1n) is 4.88. The van der Waals surface area contributed by atoms with Crippen LogP contribution < -0.4 is 5.32 Å². The van der Waals surface area contributed by atoms with E-state index in [0.717, 1.165) is 9.53 Å². The van der Waals surface area contributed by atoms with Gasteiger partial charge in [0, 0.05) is 17.8 Å². The Kier molecular flexibility index (Phi) is 3.62. The molecule has 0 saturated heterocycles. The predicted octanol–water partition coefficient (Wildman–Crippen LogP) is 3.40. The number of non-ortho nitro benzene ring substituents is 1. The topological polar surface area (TPSA) is 68.3 Å². The average molecular weight is 344 g/mol. The van der Waals surface area contributed by atoms with Crippen LogP contribution in [0.3, 0.4) is 0 Å². The Morgan fingerprint density at radius 2 is 2.18 bits per heavy atom. The molecular formula is C11H9IN2O3. The number of nitro groups is 1. The molecule has 1 heterocycles. The number of halogens is 1. The molecular weight excluding hydrogens is 335 g/mol. The summed E-state index contributed by atoms with van der Waals surface area (Å²) in [6.45, 7) is 0.504. The lowest BCUT2D eigenvalue weighted by Gasteiger charge is -2.03. The monoisotopic (exact) mass is 344 g/mol. The molecule has 1 aromatic heterocycles. The van der Waals surface area contributed by atoms with Crippen LogP contribution >= 0.6 is 22.6 Å². The minimum atomic E-state index is -0.416. The Hall–Kier alpha value is -1.57. The maximum absolute atomic E-state index is 10.6. The average Bonchev–Trinajstić information content (AvgIpc) is 2.73. The lowest BCUT2D eigenvalue weighted by molar-refractivity contribution is -0.384. The zero-order valence-corrected chi connectivity index (χ0v) is 10.9. The number of rotatable bonds is 4. The van der Waals surface area contributed by atoms with Gasteiger partial charge in [-0.2, -0.15) is 0 Å². The van der Waals surface area contributed by atoms with E-state index in [1.165, 1.54) is 12.1 Å². The van der Waals surface area contributed by atoms with Crippen molar-refractivity contribution >= 4 is 34.0 Å². The highest BCUT2D eigenvalue weighted by atomic mass is 127. The van der Waals surface area contributed by atoms with Crippen molar-refractivity contribution in [3.05, 3.63) is 56.0 Å². The van der Waals surface area contributed by atoms with Crippen LogP contribution in [0.25, 0.3) is 0 Å². The Balaban J connectivity index is 2.04. The number of hydrogen-bond acceptors (Lipinski definition) is 4. The summed E-state index contributed by atoms with van der Waals surface area (Å²) >= 11 is 2.09. The van der Waals surface area contributed by atoms with Gasteiger partial charge >= 0.3 is 0 Å². The largest absolute Gasteiger partial charge is 0.454 e. The van der Waals surface area contributed by atoms with Crippen molar-refractivity contribution in [1.29, 1.82) is 0 Å². The predicted molar refractivity (Wildman–Crippen MR) is 71.8 cm³/mol. The summed E-state index contributed by atoms with van der Waals surface area (Å²) in [5.41, 5.74) is 0.773. The molecule has 5 nitrogen and oxygen atoms in total. The summed E-state index contributed by atoms with van der Waals surface area (Å²) in [7, 11) is 0. The number of furan rings is 1. The smallest absolute Gasteiger partial charge is 0.271 e. The van der Waals surface area contributed by atoms with E-state index in [2.05, 4.69) is 27.9 Å². The maximum atomic E-state index is 10.6. The van der Waals surface area contributed by atoms with Gasteiger partial charge in [0.25, 0.3) is 5.69 Å². The first-order chi connectivity index (χ1) is 8.15. The van der Waals surface area contributed by atoms with Gasteiger partial charge in [-0.3, -0.25) is 10.1 Å². The van der Waals surface area contributed by atoms with E-state index in [9.17, 15) is 10.1 Å². The summed E-state index contributed by atoms with van der Waals surface area (Å²) in [5, 5.41) is 13.7.